The van der Waals surface area contributed by atoms with E-state index in [1.807, 2.05) is 0 Å². The molecule has 0 bridgehead atoms. The summed E-state index contributed by atoms with van der Waals surface area (Å²) in [5, 5.41) is 10.4. The summed E-state index contributed by atoms with van der Waals surface area (Å²) in [6.45, 7) is 0. The number of thioether (sulfide) groups is 1. The molecule has 1 N–H and O–H groups in total. The zero-order valence-corrected chi connectivity index (χ0v) is 11.8. The van der Waals surface area contributed by atoms with Gasteiger partial charge in [-0.05, 0) is 23.8 Å². The van der Waals surface area contributed by atoms with Crippen molar-refractivity contribution >= 4 is 40.9 Å². The highest BCUT2D eigenvalue weighted by atomic mass is 35.5. The highest BCUT2D eigenvalue weighted by molar-refractivity contribution is 7.98. The van der Waals surface area contributed by atoms with Crippen molar-refractivity contribution in [2.45, 2.75) is 10.8 Å². The van der Waals surface area contributed by atoms with Gasteiger partial charge in [-0.25, -0.2) is 14.8 Å². The van der Waals surface area contributed by atoms with Gasteiger partial charge in [-0.15, -0.1) is 11.8 Å². The van der Waals surface area contributed by atoms with E-state index in [1.165, 1.54) is 24.0 Å². The first-order valence-electron chi connectivity index (χ1n) is 5.18. The Hall–Kier alpha value is -1.30. The summed E-state index contributed by atoms with van der Waals surface area (Å²) < 4.78 is 0. The zero-order chi connectivity index (χ0) is 13.8. The van der Waals surface area contributed by atoms with Crippen LogP contribution in [0.2, 0.25) is 10.2 Å². The van der Waals surface area contributed by atoms with Gasteiger partial charge in [0.1, 0.15) is 5.15 Å². The number of nitrogens with zero attached hydrogens (tertiary/aromatic N) is 2. The summed E-state index contributed by atoms with van der Waals surface area (Å²) >= 11 is 13.2. The third kappa shape index (κ3) is 3.83. The Kier molecular flexibility index (Phi) is 4.63. The van der Waals surface area contributed by atoms with Crippen LogP contribution in [0.4, 0.5) is 0 Å². The third-order valence-electron chi connectivity index (χ3n) is 2.26. The number of aromatic nitrogens is 2. The lowest BCUT2D eigenvalue weighted by atomic mass is 10.3. The Morgan fingerprint density at radius 2 is 2.05 bits per heavy atom. The fourth-order valence-electron chi connectivity index (χ4n) is 1.29. The van der Waals surface area contributed by atoms with Gasteiger partial charge in [0.25, 0.3) is 0 Å². The summed E-state index contributed by atoms with van der Waals surface area (Å²) in [5.41, 5.74) is 1.01. The smallest absolute Gasteiger partial charge is 0.337 e. The molecule has 0 saturated heterocycles. The molecule has 0 amide bonds. The second-order valence-electron chi connectivity index (χ2n) is 3.58. The summed E-state index contributed by atoms with van der Waals surface area (Å²) in [4.78, 5) is 18.7. The van der Waals surface area contributed by atoms with Crippen molar-refractivity contribution in [2.24, 2.45) is 0 Å². The maximum atomic E-state index is 10.7. The second kappa shape index (κ2) is 6.23. The lowest BCUT2D eigenvalue weighted by molar-refractivity contribution is 0.0696. The molecule has 2 aromatic rings. The molecule has 0 atom stereocenters. The van der Waals surface area contributed by atoms with Gasteiger partial charge < -0.3 is 5.11 Å². The molecule has 19 heavy (non-hydrogen) atoms. The first kappa shape index (κ1) is 14.1. The maximum Gasteiger partial charge on any atom is 0.337 e. The molecule has 2 heterocycles. The molecule has 0 aliphatic rings. The number of hydrogen-bond donors (Lipinski definition) is 1. The molecule has 7 heteroatoms. The summed E-state index contributed by atoms with van der Waals surface area (Å²) in [6.07, 6.45) is 2.94. The van der Waals surface area contributed by atoms with Gasteiger partial charge in [0.05, 0.1) is 10.6 Å². The van der Waals surface area contributed by atoms with E-state index < -0.39 is 5.97 Å². The molecule has 0 fully saturated rings. The minimum atomic E-state index is -0.992. The van der Waals surface area contributed by atoms with Crippen LogP contribution in [0.5, 0.6) is 0 Å². The van der Waals surface area contributed by atoms with Crippen molar-refractivity contribution in [2.75, 3.05) is 0 Å². The summed E-state index contributed by atoms with van der Waals surface area (Å²) in [7, 11) is 0. The number of carboxylic acid groups (broad SMARTS) is 1. The zero-order valence-electron chi connectivity index (χ0n) is 9.51. The molecule has 2 aromatic heterocycles. The van der Waals surface area contributed by atoms with Crippen LogP contribution in [0.25, 0.3) is 0 Å². The highest BCUT2D eigenvalue weighted by Gasteiger charge is 2.06. The highest BCUT2D eigenvalue weighted by Crippen LogP contribution is 2.26. The van der Waals surface area contributed by atoms with E-state index in [0.717, 1.165) is 10.6 Å². The number of aromatic carboxylic acids is 1. The van der Waals surface area contributed by atoms with E-state index in [2.05, 4.69) is 9.97 Å². The SMILES string of the molecule is O=C(O)c1ccc(SCc2cnc(Cl)cc2Cl)nc1. The standard InChI is InChI=1S/C12H8Cl2N2O2S/c13-9-3-10(14)15-5-8(9)6-19-11-2-1-7(4-16-11)12(17)18/h1-5H,6H2,(H,17,18). The topological polar surface area (TPSA) is 63.1 Å². The average molecular weight is 315 g/mol. The Morgan fingerprint density at radius 3 is 2.63 bits per heavy atom. The van der Waals surface area contributed by atoms with E-state index in [0.29, 0.717) is 15.9 Å². The third-order valence-corrected chi connectivity index (χ3v) is 3.81. The van der Waals surface area contributed by atoms with E-state index in [9.17, 15) is 4.79 Å². The molecule has 4 nitrogen and oxygen atoms in total. The average Bonchev–Trinajstić information content (AvgIpc) is 2.38. The fourth-order valence-corrected chi connectivity index (χ4v) is 2.62. The molecular formula is C12H8Cl2N2O2S. The number of rotatable bonds is 4. The van der Waals surface area contributed by atoms with Gasteiger partial charge in [0.2, 0.25) is 0 Å². The van der Waals surface area contributed by atoms with E-state index in [1.54, 1.807) is 18.3 Å². The van der Waals surface area contributed by atoms with Gasteiger partial charge >= 0.3 is 5.97 Å². The quantitative estimate of drug-likeness (QED) is 0.687. The van der Waals surface area contributed by atoms with Crippen LogP contribution in [0, 0.1) is 0 Å². The lowest BCUT2D eigenvalue weighted by Gasteiger charge is -2.04. The number of pyridine rings is 2. The number of halogens is 2. The largest absolute Gasteiger partial charge is 0.478 e. The Labute approximate surface area is 123 Å². The first-order chi connectivity index (χ1) is 9.06. The molecule has 0 radical (unpaired) electrons. The van der Waals surface area contributed by atoms with Crippen molar-refractivity contribution in [3.8, 4) is 0 Å². The van der Waals surface area contributed by atoms with Crippen LogP contribution >= 0.6 is 35.0 Å². The Balaban J connectivity index is 2.04. The predicted octanol–water partition coefficient (Wildman–Crippen LogP) is 3.77. The molecule has 0 spiro atoms. The summed E-state index contributed by atoms with van der Waals surface area (Å²) in [5.74, 6) is -0.406. The van der Waals surface area contributed by atoms with Gasteiger partial charge in [0, 0.05) is 23.2 Å². The normalized spacial score (nSPS) is 10.4. The molecule has 0 unspecified atom stereocenters. The van der Waals surface area contributed by atoms with Crippen LogP contribution in [0.1, 0.15) is 15.9 Å². The van der Waals surface area contributed by atoms with Crippen LogP contribution in [-0.2, 0) is 5.75 Å². The van der Waals surface area contributed by atoms with Gasteiger partial charge in [-0.2, -0.15) is 0 Å². The minimum Gasteiger partial charge on any atom is -0.478 e. The van der Waals surface area contributed by atoms with Crippen LogP contribution in [0.3, 0.4) is 0 Å². The fraction of sp³-hybridized carbons (Fsp3) is 0.0833. The molecule has 0 aliphatic heterocycles. The van der Waals surface area contributed by atoms with Crippen molar-refractivity contribution in [3.63, 3.8) is 0 Å². The minimum absolute atomic E-state index is 0.163. The van der Waals surface area contributed by atoms with E-state index in [-0.39, 0.29) is 5.56 Å². The van der Waals surface area contributed by atoms with Crippen LogP contribution in [-0.4, -0.2) is 21.0 Å². The van der Waals surface area contributed by atoms with Gasteiger partial charge in [-0.3, -0.25) is 0 Å². The number of hydrogen-bond acceptors (Lipinski definition) is 4. The van der Waals surface area contributed by atoms with Crippen LogP contribution in [0.15, 0.2) is 35.6 Å². The van der Waals surface area contributed by atoms with Crippen molar-refractivity contribution < 1.29 is 9.90 Å². The summed E-state index contributed by atoms with van der Waals surface area (Å²) in [6, 6.07) is 4.75. The Bertz CT molecular complexity index is 605. The van der Waals surface area contributed by atoms with Crippen molar-refractivity contribution in [1.29, 1.82) is 0 Å². The first-order valence-corrected chi connectivity index (χ1v) is 6.92. The maximum absolute atomic E-state index is 10.7. The number of carboxylic acids is 1. The molecule has 0 aromatic carbocycles. The molecule has 2 rings (SSSR count). The monoisotopic (exact) mass is 314 g/mol. The van der Waals surface area contributed by atoms with E-state index >= 15 is 0 Å². The van der Waals surface area contributed by atoms with Crippen molar-refractivity contribution in [1.82, 2.24) is 9.97 Å². The Morgan fingerprint density at radius 1 is 1.26 bits per heavy atom. The van der Waals surface area contributed by atoms with Gasteiger partial charge in [0.15, 0.2) is 0 Å². The molecule has 0 saturated carbocycles. The lowest BCUT2D eigenvalue weighted by Crippen LogP contribution is -1.96. The number of carbonyl (C=O) groups is 1. The van der Waals surface area contributed by atoms with Crippen molar-refractivity contribution in [3.05, 3.63) is 51.9 Å². The van der Waals surface area contributed by atoms with Crippen LogP contribution < -0.4 is 0 Å². The second-order valence-corrected chi connectivity index (χ2v) is 5.37. The van der Waals surface area contributed by atoms with E-state index in [4.69, 9.17) is 28.3 Å². The predicted molar refractivity (Wildman–Crippen MR) is 75.0 cm³/mol. The van der Waals surface area contributed by atoms with Gasteiger partial charge in [-0.1, -0.05) is 23.2 Å². The molecule has 98 valence electrons. The molecular weight excluding hydrogens is 307 g/mol. The molecule has 0 aliphatic carbocycles.